The van der Waals surface area contributed by atoms with Crippen LogP contribution in [0.5, 0.6) is 0 Å². The fraction of sp³-hybridized carbons (Fsp3) is 0.667. The van der Waals surface area contributed by atoms with E-state index in [1.807, 2.05) is 0 Å². The third-order valence-corrected chi connectivity index (χ3v) is 3.01. The maximum atomic E-state index is 9.35. The van der Waals surface area contributed by atoms with Gasteiger partial charge in [0.2, 0.25) is 0 Å². The third-order valence-electron chi connectivity index (χ3n) is 3.01. The Kier molecular flexibility index (Phi) is 3.25. The van der Waals surface area contributed by atoms with Gasteiger partial charge in [0.15, 0.2) is 0 Å². The van der Waals surface area contributed by atoms with Crippen LogP contribution in [-0.2, 0) is 0 Å². The lowest BCUT2D eigenvalue weighted by Crippen LogP contribution is -2.29. The van der Waals surface area contributed by atoms with Crippen LogP contribution < -0.4 is 5.32 Å². The van der Waals surface area contributed by atoms with E-state index >= 15 is 0 Å². The molecule has 0 bridgehead atoms. The molecule has 0 heterocycles. The summed E-state index contributed by atoms with van der Waals surface area (Å²) in [6.07, 6.45) is 13.1. The first kappa shape index (κ1) is 9.78. The predicted octanol–water partition coefficient (Wildman–Crippen LogP) is 2.11. The summed E-state index contributed by atoms with van der Waals surface area (Å²) >= 11 is 0. The zero-order valence-corrected chi connectivity index (χ0v) is 8.58. The van der Waals surface area contributed by atoms with Crippen LogP contribution in [-0.4, -0.2) is 17.3 Å². The lowest BCUT2D eigenvalue weighted by atomic mass is 9.98. The summed E-state index contributed by atoms with van der Waals surface area (Å²) in [4.78, 5) is 0. The first-order chi connectivity index (χ1) is 6.84. The third kappa shape index (κ3) is 2.61. The van der Waals surface area contributed by atoms with Crippen molar-refractivity contribution < 1.29 is 5.11 Å². The molecule has 2 aliphatic rings. The molecule has 0 saturated carbocycles. The van der Waals surface area contributed by atoms with E-state index in [9.17, 15) is 5.11 Å². The molecule has 2 rings (SSSR count). The molecule has 0 aromatic rings. The molecule has 2 aliphatic carbocycles. The van der Waals surface area contributed by atoms with Crippen molar-refractivity contribution in [3.63, 3.8) is 0 Å². The molecule has 2 heteroatoms. The van der Waals surface area contributed by atoms with Crippen LogP contribution in [0.1, 0.15) is 38.5 Å². The summed E-state index contributed by atoms with van der Waals surface area (Å²) in [5.74, 6) is 0. The number of hydrogen-bond donors (Lipinski definition) is 2. The topological polar surface area (TPSA) is 32.3 Å². The SMILES string of the molecule is OC1CC=C(NC2C=CCCC2)CC1. The molecule has 2 unspecified atom stereocenters. The van der Waals surface area contributed by atoms with Crippen LogP contribution >= 0.6 is 0 Å². The summed E-state index contributed by atoms with van der Waals surface area (Å²) in [5, 5.41) is 12.9. The van der Waals surface area contributed by atoms with Gasteiger partial charge in [-0.25, -0.2) is 0 Å². The Labute approximate surface area is 85.7 Å². The minimum Gasteiger partial charge on any atom is -0.393 e. The van der Waals surface area contributed by atoms with Crippen molar-refractivity contribution in [2.75, 3.05) is 0 Å². The predicted molar refractivity (Wildman–Crippen MR) is 57.9 cm³/mol. The van der Waals surface area contributed by atoms with E-state index in [4.69, 9.17) is 0 Å². The molecule has 0 fully saturated rings. The summed E-state index contributed by atoms with van der Waals surface area (Å²) < 4.78 is 0. The highest BCUT2D eigenvalue weighted by Gasteiger charge is 2.14. The molecule has 0 aromatic heterocycles. The Balaban J connectivity index is 1.85. The summed E-state index contributed by atoms with van der Waals surface area (Å²) in [7, 11) is 0. The lowest BCUT2D eigenvalue weighted by Gasteiger charge is -2.24. The van der Waals surface area contributed by atoms with Crippen molar-refractivity contribution in [2.45, 2.75) is 50.7 Å². The summed E-state index contributed by atoms with van der Waals surface area (Å²) in [6, 6.07) is 0.533. The van der Waals surface area contributed by atoms with Gasteiger partial charge in [-0.15, -0.1) is 0 Å². The van der Waals surface area contributed by atoms with E-state index in [0.29, 0.717) is 6.04 Å². The molecule has 0 spiro atoms. The van der Waals surface area contributed by atoms with Gasteiger partial charge in [-0.1, -0.05) is 18.2 Å². The van der Waals surface area contributed by atoms with Gasteiger partial charge in [0.25, 0.3) is 0 Å². The van der Waals surface area contributed by atoms with Crippen LogP contribution in [0.3, 0.4) is 0 Å². The van der Waals surface area contributed by atoms with Crippen molar-refractivity contribution in [1.82, 2.24) is 5.32 Å². The molecule has 14 heavy (non-hydrogen) atoms. The molecule has 2 atom stereocenters. The highest BCUT2D eigenvalue weighted by Crippen LogP contribution is 2.18. The Morgan fingerprint density at radius 3 is 2.93 bits per heavy atom. The normalized spacial score (nSPS) is 32.5. The fourth-order valence-corrected chi connectivity index (χ4v) is 2.12. The van der Waals surface area contributed by atoms with E-state index in [2.05, 4.69) is 23.5 Å². The second-order valence-electron chi connectivity index (χ2n) is 4.27. The van der Waals surface area contributed by atoms with Gasteiger partial charge in [0, 0.05) is 11.7 Å². The monoisotopic (exact) mass is 193 g/mol. The van der Waals surface area contributed by atoms with Gasteiger partial charge in [0.05, 0.1) is 6.10 Å². The van der Waals surface area contributed by atoms with Crippen molar-refractivity contribution in [3.8, 4) is 0 Å². The maximum Gasteiger partial charge on any atom is 0.0579 e. The van der Waals surface area contributed by atoms with Gasteiger partial charge in [-0.2, -0.15) is 0 Å². The van der Waals surface area contributed by atoms with Crippen LogP contribution in [0.2, 0.25) is 0 Å². The van der Waals surface area contributed by atoms with E-state index in [-0.39, 0.29) is 6.10 Å². The Morgan fingerprint density at radius 1 is 1.36 bits per heavy atom. The molecule has 0 radical (unpaired) electrons. The van der Waals surface area contributed by atoms with Crippen LogP contribution in [0.25, 0.3) is 0 Å². The number of hydrogen-bond acceptors (Lipinski definition) is 2. The highest BCUT2D eigenvalue weighted by atomic mass is 16.3. The zero-order chi connectivity index (χ0) is 9.80. The first-order valence-electron chi connectivity index (χ1n) is 5.65. The molecule has 0 aliphatic heterocycles. The molecule has 0 aromatic carbocycles. The Bertz CT molecular complexity index is 245. The van der Waals surface area contributed by atoms with Crippen molar-refractivity contribution >= 4 is 0 Å². The molecule has 0 amide bonds. The van der Waals surface area contributed by atoms with E-state index in [1.54, 1.807) is 0 Å². The van der Waals surface area contributed by atoms with E-state index < -0.39 is 0 Å². The minimum atomic E-state index is -0.109. The largest absolute Gasteiger partial charge is 0.393 e. The van der Waals surface area contributed by atoms with E-state index in [0.717, 1.165) is 19.3 Å². The lowest BCUT2D eigenvalue weighted by molar-refractivity contribution is 0.161. The van der Waals surface area contributed by atoms with Crippen molar-refractivity contribution in [1.29, 1.82) is 0 Å². The summed E-state index contributed by atoms with van der Waals surface area (Å²) in [5.41, 5.74) is 1.33. The minimum absolute atomic E-state index is 0.109. The molecule has 0 saturated heterocycles. The number of rotatable bonds is 2. The van der Waals surface area contributed by atoms with Crippen LogP contribution in [0.15, 0.2) is 23.9 Å². The van der Waals surface area contributed by atoms with Crippen LogP contribution in [0, 0.1) is 0 Å². The smallest absolute Gasteiger partial charge is 0.0579 e. The van der Waals surface area contributed by atoms with Gasteiger partial charge < -0.3 is 10.4 Å². The second-order valence-corrected chi connectivity index (χ2v) is 4.27. The molecule has 78 valence electrons. The quantitative estimate of drug-likeness (QED) is 0.658. The Hall–Kier alpha value is -0.760. The van der Waals surface area contributed by atoms with Gasteiger partial charge in [-0.3, -0.25) is 0 Å². The highest BCUT2D eigenvalue weighted by molar-refractivity contribution is 5.10. The number of aliphatic hydroxyl groups excluding tert-OH is 1. The second kappa shape index (κ2) is 4.65. The van der Waals surface area contributed by atoms with Gasteiger partial charge in [0.1, 0.15) is 0 Å². The average Bonchev–Trinajstić information content (AvgIpc) is 2.23. The Morgan fingerprint density at radius 2 is 2.29 bits per heavy atom. The molecule has 2 N–H and O–H groups in total. The number of nitrogens with one attached hydrogen (secondary N) is 1. The molecular formula is C12H19NO. The van der Waals surface area contributed by atoms with Crippen molar-refractivity contribution in [2.24, 2.45) is 0 Å². The van der Waals surface area contributed by atoms with Crippen LogP contribution in [0.4, 0.5) is 0 Å². The standard InChI is InChI=1S/C12H19NO/c14-12-8-6-11(7-9-12)13-10-4-2-1-3-5-10/h2,4,6,10,12-14H,1,3,5,7-9H2. The number of allylic oxidation sites excluding steroid dienone is 2. The van der Waals surface area contributed by atoms with E-state index in [1.165, 1.54) is 25.0 Å². The zero-order valence-electron chi connectivity index (χ0n) is 8.58. The fourth-order valence-electron chi connectivity index (χ4n) is 2.12. The van der Waals surface area contributed by atoms with Gasteiger partial charge >= 0.3 is 0 Å². The summed E-state index contributed by atoms with van der Waals surface area (Å²) in [6.45, 7) is 0. The van der Waals surface area contributed by atoms with Gasteiger partial charge in [-0.05, 0) is 38.5 Å². The molecular weight excluding hydrogens is 174 g/mol. The number of aliphatic hydroxyl groups is 1. The molecule has 2 nitrogen and oxygen atoms in total. The van der Waals surface area contributed by atoms with Crippen molar-refractivity contribution in [3.05, 3.63) is 23.9 Å². The first-order valence-corrected chi connectivity index (χ1v) is 5.65. The average molecular weight is 193 g/mol. The maximum absolute atomic E-state index is 9.35.